The molecule has 1 rings (SSSR count). The van der Waals surface area contributed by atoms with Crippen LogP contribution < -0.4 is 10.6 Å². The zero-order valence-corrected chi connectivity index (χ0v) is 12.7. The van der Waals surface area contributed by atoms with Crippen LogP contribution in [0, 0.1) is 6.92 Å². The third kappa shape index (κ3) is 4.40. The number of carbonyl (C=O) groups excluding carboxylic acids is 1. The van der Waals surface area contributed by atoms with Crippen molar-refractivity contribution in [1.29, 1.82) is 0 Å². The minimum Gasteiger partial charge on any atom is -0.337 e. The quantitative estimate of drug-likeness (QED) is 0.774. The van der Waals surface area contributed by atoms with Gasteiger partial charge in [-0.1, -0.05) is 11.6 Å². The molecule has 19 heavy (non-hydrogen) atoms. The van der Waals surface area contributed by atoms with Gasteiger partial charge in [0.05, 0.1) is 16.4 Å². The molecule has 0 bridgehead atoms. The second kappa shape index (κ2) is 7.35. The molecule has 0 unspecified atom stereocenters. The molecule has 0 fully saturated rings. The Hall–Kier alpha value is -1.27. The Labute approximate surface area is 119 Å². The molecule has 0 atom stereocenters. The molecule has 108 valence electrons. The van der Waals surface area contributed by atoms with E-state index in [0.29, 0.717) is 24.7 Å². The van der Waals surface area contributed by atoms with Crippen LogP contribution in [-0.4, -0.2) is 47.9 Å². The molecule has 0 radical (unpaired) electrons. The molecule has 7 heteroatoms. The maximum Gasteiger partial charge on any atom is 0.316 e. The first kappa shape index (κ1) is 15.8. The van der Waals surface area contributed by atoms with Crippen LogP contribution in [0.5, 0.6) is 0 Å². The zero-order valence-electron chi connectivity index (χ0n) is 12.0. The van der Waals surface area contributed by atoms with Gasteiger partial charge in [-0.3, -0.25) is 4.68 Å². The van der Waals surface area contributed by atoms with Gasteiger partial charge in [0.2, 0.25) is 0 Å². The highest BCUT2D eigenvalue weighted by atomic mass is 35.5. The molecule has 0 aliphatic carbocycles. The van der Waals surface area contributed by atoms with Crippen molar-refractivity contribution in [2.75, 3.05) is 27.2 Å². The first-order chi connectivity index (χ1) is 8.97. The number of halogens is 1. The number of nitrogens with one attached hydrogen (secondary N) is 2. The molecule has 1 aromatic rings. The third-order valence-corrected chi connectivity index (χ3v) is 3.22. The van der Waals surface area contributed by atoms with Gasteiger partial charge >= 0.3 is 6.03 Å². The molecule has 6 nitrogen and oxygen atoms in total. The van der Waals surface area contributed by atoms with Crippen LogP contribution in [-0.2, 0) is 13.1 Å². The van der Waals surface area contributed by atoms with Gasteiger partial charge < -0.3 is 15.5 Å². The number of nitrogens with zero attached hydrogens (tertiary/aromatic N) is 3. The van der Waals surface area contributed by atoms with Crippen LogP contribution in [0.2, 0.25) is 5.02 Å². The fraction of sp³-hybridized carbons (Fsp3) is 0.667. The van der Waals surface area contributed by atoms with E-state index < -0.39 is 0 Å². The molecule has 0 aliphatic heterocycles. The third-order valence-electron chi connectivity index (χ3n) is 2.73. The molecule has 0 aromatic carbocycles. The molecular weight excluding hydrogens is 266 g/mol. The van der Waals surface area contributed by atoms with E-state index in [9.17, 15) is 4.79 Å². The molecular formula is C12H22ClN5O. The van der Waals surface area contributed by atoms with E-state index in [-0.39, 0.29) is 6.03 Å². The van der Waals surface area contributed by atoms with Crippen LogP contribution in [0.3, 0.4) is 0 Å². The summed E-state index contributed by atoms with van der Waals surface area (Å²) in [6.07, 6.45) is 0. The van der Waals surface area contributed by atoms with Crippen molar-refractivity contribution in [2.24, 2.45) is 0 Å². The summed E-state index contributed by atoms with van der Waals surface area (Å²) in [6, 6.07) is -0.0886. The van der Waals surface area contributed by atoms with E-state index in [1.54, 1.807) is 14.1 Å². The summed E-state index contributed by atoms with van der Waals surface area (Å²) in [4.78, 5) is 12.8. The Morgan fingerprint density at radius 2 is 2.11 bits per heavy atom. The summed E-state index contributed by atoms with van der Waals surface area (Å²) in [6.45, 7) is 6.63. The van der Waals surface area contributed by atoms with E-state index >= 15 is 0 Å². The number of hydrogen-bond acceptors (Lipinski definition) is 3. The number of amides is 2. The van der Waals surface area contributed by atoms with E-state index in [0.717, 1.165) is 17.9 Å². The Kier molecular flexibility index (Phi) is 6.11. The number of aromatic nitrogens is 2. The maximum atomic E-state index is 11.3. The van der Waals surface area contributed by atoms with E-state index in [2.05, 4.69) is 15.7 Å². The van der Waals surface area contributed by atoms with Crippen LogP contribution in [0.15, 0.2) is 0 Å². The monoisotopic (exact) mass is 287 g/mol. The van der Waals surface area contributed by atoms with Crippen molar-refractivity contribution < 1.29 is 4.79 Å². The van der Waals surface area contributed by atoms with E-state index in [4.69, 9.17) is 11.6 Å². The molecule has 0 saturated heterocycles. The van der Waals surface area contributed by atoms with Crippen molar-refractivity contribution >= 4 is 17.6 Å². The lowest BCUT2D eigenvalue weighted by molar-refractivity contribution is 0.217. The smallest absolute Gasteiger partial charge is 0.316 e. The molecule has 2 amide bonds. The summed E-state index contributed by atoms with van der Waals surface area (Å²) in [5, 5.41) is 11.1. The van der Waals surface area contributed by atoms with Gasteiger partial charge in [0.25, 0.3) is 0 Å². The molecule has 1 aromatic heterocycles. The van der Waals surface area contributed by atoms with Crippen LogP contribution in [0.1, 0.15) is 18.3 Å². The molecule has 2 N–H and O–H groups in total. The standard InChI is InChI=1S/C12H22ClN5O/c1-5-18-10(11(13)9(2)16-18)8-14-6-7-15-12(19)17(3)4/h14H,5-8H2,1-4H3,(H,15,19). The van der Waals surface area contributed by atoms with Gasteiger partial charge in [-0.25, -0.2) is 4.79 Å². The highest BCUT2D eigenvalue weighted by Crippen LogP contribution is 2.19. The predicted molar refractivity (Wildman–Crippen MR) is 76.4 cm³/mol. The number of aryl methyl sites for hydroxylation is 2. The summed E-state index contributed by atoms with van der Waals surface area (Å²) >= 11 is 6.20. The minimum atomic E-state index is -0.0886. The van der Waals surface area contributed by atoms with Gasteiger partial charge in [-0.05, 0) is 13.8 Å². The van der Waals surface area contributed by atoms with Gasteiger partial charge in [0.1, 0.15) is 0 Å². The molecule has 0 saturated carbocycles. The first-order valence-electron chi connectivity index (χ1n) is 6.35. The Morgan fingerprint density at radius 3 is 2.68 bits per heavy atom. The lowest BCUT2D eigenvalue weighted by Crippen LogP contribution is -2.38. The van der Waals surface area contributed by atoms with Crippen molar-refractivity contribution in [3.05, 3.63) is 16.4 Å². The van der Waals surface area contributed by atoms with Gasteiger partial charge in [-0.15, -0.1) is 0 Å². The largest absolute Gasteiger partial charge is 0.337 e. The maximum absolute atomic E-state index is 11.3. The predicted octanol–water partition coefficient (Wildman–Crippen LogP) is 1.23. The number of urea groups is 1. The first-order valence-corrected chi connectivity index (χ1v) is 6.72. The van der Waals surface area contributed by atoms with E-state index in [1.807, 2.05) is 18.5 Å². The van der Waals surface area contributed by atoms with Crippen molar-refractivity contribution in [1.82, 2.24) is 25.3 Å². The summed E-state index contributed by atoms with van der Waals surface area (Å²) in [7, 11) is 3.43. The average molecular weight is 288 g/mol. The summed E-state index contributed by atoms with van der Waals surface area (Å²) in [5.74, 6) is 0. The van der Waals surface area contributed by atoms with Crippen LogP contribution >= 0.6 is 11.6 Å². The number of carbonyl (C=O) groups is 1. The summed E-state index contributed by atoms with van der Waals surface area (Å²) < 4.78 is 1.89. The summed E-state index contributed by atoms with van der Waals surface area (Å²) in [5.41, 5.74) is 1.84. The van der Waals surface area contributed by atoms with Crippen molar-refractivity contribution in [3.63, 3.8) is 0 Å². The second-order valence-corrected chi connectivity index (χ2v) is 4.84. The van der Waals surface area contributed by atoms with Gasteiger partial charge in [-0.2, -0.15) is 5.10 Å². The Balaban J connectivity index is 2.36. The lowest BCUT2D eigenvalue weighted by atomic mass is 10.3. The van der Waals surface area contributed by atoms with Crippen molar-refractivity contribution in [3.8, 4) is 0 Å². The fourth-order valence-corrected chi connectivity index (χ4v) is 1.86. The normalized spacial score (nSPS) is 10.6. The Morgan fingerprint density at radius 1 is 1.42 bits per heavy atom. The minimum absolute atomic E-state index is 0.0886. The molecule has 0 aliphatic rings. The Bertz CT molecular complexity index is 430. The highest BCUT2D eigenvalue weighted by molar-refractivity contribution is 6.31. The fourth-order valence-electron chi connectivity index (χ4n) is 1.66. The van der Waals surface area contributed by atoms with Gasteiger partial charge in [0, 0.05) is 40.3 Å². The van der Waals surface area contributed by atoms with Gasteiger partial charge in [0.15, 0.2) is 0 Å². The topological polar surface area (TPSA) is 62.2 Å². The average Bonchev–Trinajstić information content (AvgIpc) is 2.65. The second-order valence-electron chi connectivity index (χ2n) is 4.46. The number of rotatable bonds is 6. The van der Waals surface area contributed by atoms with Crippen LogP contribution in [0.4, 0.5) is 4.79 Å². The molecule has 1 heterocycles. The van der Waals surface area contributed by atoms with Crippen LogP contribution in [0.25, 0.3) is 0 Å². The highest BCUT2D eigenvalue weighted by Gasteiger charge is 2.11. The zero-order chi connectivity index (χ0) is 14.4. The lowest BCUT2D eigenvalue weighted by Gasteiger charge is -2.12. The SMILES string of the molecule is CCn1nc(C)c(Cl)c1CNCCNC(=O)N(C)C. The number of hydrogen-bond donors (Lipinski definition) is 2. The molecule has 0 spiro atoms. The van der Waals surface area contributed by atoms with Crippen molar-refractivity contribution in [2.45, 2.75) is 26.9 Å². The van der Waals surface area contributed by atoms with E-state index in [1.165, 1.54) is 4.90 Å².